The molecule has 0 spiro atoms. The van der Waals surface area contributed by atoms with Crippen LogP contribution in [0, 0.1) is 0 Å². The zero-order valence-electron chi connectivity index (χ0n) is 17.4. The normalized spacial score (nSPS) is 10.4. The van der Waals surface area contributed by atoms with Gasteiger partial charge in [0.25, 0.3) is 0 Å². The predicted molar refractivity (Wildman–Crippen MR) is 116 cm³/mol. The molecule has 0 aliphatic heterocycles. The first-order chi connectivity index (χ1) is 14.0. The van der Waals surface area contributed by atoms with Crippen molar-refractivity contribution in [1.29, 1.82) is 0 Å². The van der Waals surface area contributed by atoms with Gasteiger partial charge in [0.15, 0.2) is 0 Å². The second-order valence-corrected chi connectivity index (χ2v) is 7.08. The molecular weight excluding hydrogens is 364 g/mol. The molecule has 0 aromatic heterocycles. The SMILES string of the molecule is C=C(C)C(=O)OCCCCCCc1ccc(-c2ccc(C(=O)OCC)cc2)cc1. The minimum absolute atomic E-state index is 0.289. The van der Waals surface area contributed by atoms with Crippen LogP contribution in [0.25, 0.3) is 11.1 Å². The fourth-order valence-electron chi connectivity index (χ4n) is 2.95. The maximum Gasteiger partial charge on any atom is 0.338 e. The second kappa shape index (κ2) is 11.8. The van der Waals surface area contributed by atoms with E-state index >= 15 is 0 Å². The highest BCUT2D eigenvalue weighted by Gasteiger charge is 2.06. The third-order valence-electron chi connectivity index (χ3n) is 4.62. The third kappa shape index (κ3) is 7.57. The van der Waals surface area contributed by atoms with Crippen molar-refractivity contribution >= 4 is 11.9 Å². The molecule has 0 atom stereocenters. The van der Waals surface area contributed by atoms with E-state index in [0.717, 1.165) is 43.2 Å². The number of unbranched alkanes of at least 4 members (excludes halogenated alkanes) is 3. The van der Waals surface area contributed by atoms with Crippen molar-refractivity contribution in [3.63, 3.8) is 0 Å². The maximum atomic E-state index is 11.7. The number of carbonyl (C=O) groups is 2. The molecule has 4 heteroatoms. The van der Waals surface area contributed by atoms with Crippen molar-refractivity contribution in [1.82, 2.24) is 0 Å². The van der Waals surface area contributed by atoms with E-state index in [1.54, 1.807) is 26.0 Å². The molecule has 2 aromatic carbocycles. The maximum absolute atomic E-state index is 11.7. The molecule has 0 N–H and O–H groups in total. The average molecular weight is 395 g/mol. The Morgan fingerprint density at radius 3 is 2.00 bits per heavy atom. The van der Waals surface area contributed by atoms with Crippen LogP contribution in [0.2, 0.25) is 0 Å². The molecule has 29 heavy (non-hydrogen) atoms. The first-order valence-corrected chi connectivity index (χ1v) is 10.2. The van der Waals surface area contributed by atoms with Crippen molar-refractivity contribution in [3.05, 3.63) is 71.8 Å². The summed E-state index contributed by atoms with van der Waals surface area (Å²) < 4.78 is 10.1. The molecule has 0 aliphatic carbocycles. The number of rotatable bonds is 11. The van der Waals surface area contributed by atoms with E-state index in [1.807, 2.05) is 12.1 Å². The molecule has 0 radical (unpaired) electrons. The number of hydrogen-bond donors (Lipinski definition) is 0. The summed E-state index contributed by atoms with van der Waals surface area (Å²) in [6.45, 7) is 7.87. The highest BCUT2D eigenvalue weighted by Crippen LogP contribution is 2.21. The number of hydrogen-bond acceptors (Lipinski definition) is 4. The summed E-state index contributed by atoms with van der Waals surface area (Å²) >= 11 is 0. The van der Waals surface area contributed by atoms with Gasteiger partial charge in [0.1, 0.15) is 0 Å². The lowest BCUT2D eigenvalue weighted by molar-refractivity contribution is -0.139. The van der Waals surface area contributed by atoms with E-state index < -0.39 is 0 Å². The van der Waals surface area contributed by atoms with Crippen LogP contribution in [0.1, 0.15) is 55.5 Å². The largest absolute Gasteiger partial charge is 0.462 e. The molecule has 0 unspecified atom stereocenters. The van der Waals surface area contributed by atoms with Crippen molar-refractivity contribution in [2.24, 2.45) is 0 Å². The molecule has 0 fully saturated rings. The van der Waals surface area contributed by atoms with Crippen molar-refractivity contribution in [2.75, 3.05) is 13.2 Å². The van der Waals surface area contributed by atoms with Gasteiger partial charge >= 0.3 is 11.9 Å². The lowest BCUT2D eigenvalue weighted by atomic mass is 10.0. The Kier molecular flexibility index (Phi) is 9.16. The minimum atomic E-state index is -0.305. The smallest absolute Gasteiger partial charge is 0.338 e. The summed E-state index contributed by atoms with van der Waals surface area (Å²) in [4.78, 5) is 23.0. The van der Waals surface area contributed by atoms with Crippen LogP contribution >= 0.6 is 0 Å². The number of carbonyl (C=O) groups excluding carboxylic acids is 2. The summed E-state index contributed by atoms with van der Waals surface area (Å²) in [6, 6.07) is 16.0. The van der Waals surface area contributed by atoms with Gasteiger partial charge in [-0.1, -0.05) is 55.8 Å². The average Bonchev–Trinajstić information content (AvgIpc) is 2.73. The van der Waals surface area contributed by atoms with Gasteiger partial charge in [-0.25, -0.2) is 9.59 Å². The lowest BCUT2D eigenvalue weighted by Crippen LogP contribution is -2.06. The van der Waals surface area contributed by atoms with Crippen LogP contribution in [0.15, 0.2) is 60.7 Å². The van der Waals surface area contributed by atoms with Gasteiger partial charge in [-0.15, -0.1) is 0 Å². The molecule has 0 heterocycles. The molecule has 2 rings (SSSR count). The van der Waals surface area contributed by atoms with Gasteiger partial charge in [0.2, 0.25) is 0 Å². The molecule has 0 bridgehead atoms. The van der Waals surface area contributed by atoms with E-state index in [4.69, 9.17) is 9.47 Å². The fraction of sp³-hybridized carbons (Fsp3) is 0.360. The molecule has 0 saturated heterocycles. The van der Waals surface area contributed by atoms with Gasteiger partial charge in [0, 0.05) is 5.57 Å². The van der Waals surface area contributed by atoms with Crippen molar-refractivity contribution in [3.8, 4) is 11.1 Å². The quantitative estimate of drug-likeness (QED) is 0.276. The van der Waals surface area contributed by atoms with E-state index in [9.17, 15) is 9.59 Å². The Bertz CT molecular complexity index is 804. The molecule has 0 amide bonds. The van der Waals surface area contributed by atoms with Gasteiger partial charge in [-0.2, -0.15) is 0 Å². The van der Waals surface area contributed by atoms with E-state index in [-0.39, 0.29) is 11.9 Å². The molecule has 0 saturated carbocycles. The summed E-state index contributed by atoms with van der Waals surface area (Å²) in [6.07, 6.45) is 5.20. The zero-order chi connectivity index (χ0) is 21.1. The van der Waals surface area contributed by atoms with Crippen LogP contribution in [-0.4, -0.2) is 25.2 Å². The van der Waals surface area contributed by atoms with Crippen molar-refractivity contribution < 1.29 is 19.1 Å². The van der Waals surface area contributed by atoms with E-state index in [2.05, 4.69) is 30.8 Å². The van der Waals surface area contributed by atoms with Crippen LogP contribution in [-0.2, 0) is 20.7 Å². The van der Waals surface area contributed by atoms with Gasteiger partial charge in [-0.3, -0.25) is 0 Å². The summed E-state index contributed by atoms with van der Waals surface area (Å²) in [5.41, 5.74) is 4.54. The molecular formula is C25H30O4. The van der Waals surface area contributed by atoms with Gasteiger partial charge in [-0.05, 0) is 61.9 Å². The van der Waals surface area contributed by atoms with Gasteiger partial charge in [0.05, 0.1) is 18.8 Å². The van der Waals surface area contributed by atoms with Crippen molar-refractivity contribution in [2.45, 2.75) is 46.0 Å². The first-order valence-electron chi connectivity index (χ1n) is 10.2. The Hall–Kier alpha value is -2.88. The summed E-state index contributed by atoms with van der Waals surface area (Å²) in [7, 11) is 0. The summed E-state index contributed by atoms with van der Waals surface area (Å²) in [5.74, 6) is -0.594. The first kappa shape index (κ1) is 22.4. The van der Waals surface area contributed by atoms with Crippen LogP contribution in [0.3, 0.4) is 0 Å². The number of benzene rings is 2. The molecule has 0 aliphatic rings. The summed E-state index contributed by atoms with van der Waals surface area (Å²) in [5, 5.41) is 0. The Labute approximate surface area is 173 Å². The molecule has 154 valence electrons. The third-order valence-corrected chi connectivity index (χ3v) is 4.62. The Morgan fingerprint density at radius 2 is 1.41 bits per heavy atom. The predicted octanol–water partition coefficient (Wildman–Crippen LogP) is 5.75. The topological polar surface area (TPSA) is 52.6 Å². The zero-order valence-corrected chi connectivity index (χ0v) is 17.4. The van der Waals surface area contributed by atoms with E-state index in [0.29, 0.717) is 24.4 Å². The highest BCUT2D eigenvalue weighted by molar-refractivity contribution is 5.90. The van der Waals surface area contributed by atoms with Gasteiger partial charge < -0.3 is 9.47 Å². The van der Waals surface area contributed by atoms with Crippen LogP contribution < -0.4 is 0 Å². The molecule has 4 nitrogen and oxygen atoms in total. The fourth-order valence-corrected chi connectivity index (χ4v) is 2.95. The lowest BCUT2D eigenvalue weighted by Gasteiger charge is -2.07. The standard InChI is InChI=1S/C25H30O4/c1-4-28-25(27)23-16-14-22(15-17-23)21-12-10-20(11-13-21)9-7-5-6-8-18-29-24(26)19(2)3/h10-17H,2,4-9,18H2,1,3H3. The van der Waals surface area contributed by atoms with Crippen LogP contribution in [0.4, 0.5) is 0 Å². The number of ether oxygens (including phenoxy) is 2. The number of aryl methyl sites for hydroxylation is 1. The number of esters is 2. The highest BCUT2D eigenvalue weighted by atomic mass is 16.5. The Balaban J connectivity index is 1.72. The second-order valence-electron chi connectivity index (χ2n) is 7.08. The Morgan fingerprint density at radius 1 is 0.828 bits per heavy atom. The molecule has 2 aromatic rings. The van der Waals surface area contributed by atoms with E-state index in [1.165, 1.54) is 5.56 Å². The van der Waals surface area contributed by atoms with Crippen LogP contribution in [0.5, 0.6) is 0 Å². The monoisotopic (exact) mass is 394 g/mol. The minimum Gasteiger partial charge on any atom is -0.462 e.